The molecule has 0 saturated heterocycles. The van der Waals surface area contributed by atoms with Gasteiger partial charge in [-0.2, -0.15) is 11.3 Å². The van der Waals surface area contributed by atoms with Crippen LogP contribution in [0.3, 0.4) is 0 Å². The van der Waals surface area contributed by atoms with Crippen LogP contribution < -0.4 is 10.6 Å². The van der Waals surface area contributed by atoms with Gasteiger partial charge in [-0.1, -0.05) is 19.1 Å². The monoisotopic (exact) mass is 359 g/mol. The van der Waals surface area contributed by atoms with Crippen molar-refractivity contribution >= 4 is 23.3 Å². The lowest BCUT2D eigenvalue weighted by Gasteiger charge is -2.15. The SMILES string of the molecule is CCNC(=NCc1ccc(C(=O)OC)cc1)NCC(C)c1ccsc1. The average Bonchev–Trinajstić information content (AvgIpc) is 3.18. The molecule has 134 valence electrons. The van der Waals surface area contributed by atoms with Crippen LogP contribution in [0.2, 0.25) is 0 Å². The molecule has 6 heteroatoms. The summed E-state index contributed by atoms with van der Waals surface area (Å²) in [6, 6.07) is 9.47. The van der Waals surface area contributed by atoms with Crippen LogP contribution in [-0.2, 0) is 11.3 Å². The van der Waals surface area contributed by atoms with Crippen molar-refractivity contribution in [3.05, 3.63) is 57.8 Å². The van der Waals surface area contributed by atoms with Crippen molar-refractivity contribution in [3.8, 4) is 0 Å². The van der Waals surface area contributed by atoms with E-state index in [9.17, 15) is 4.79 Å². The molecule has 1 heterocycles. The van der Waals surface area contributed by atoms with Crippen molar-refractivity contribution < 1.29 is 9.53 Å². The number of methoxy groups -OCH3 is 1. The number of benzene rings is 1. The maximum atomic E-state index is 11.5. The Morgan fingerprint density at radius 3 is 2.60 bits per heavy atom. The van der Waals surface area contributed by atoms with Crippen LogP contribution in [0.4, 0.5) is 0 Å². The number of nitrogens with zero attached hydrogens (tertiary/aromatic N) is 1. The topological polar surface area (TPSA) is 62.7 Å². The number of ether oxygens (including phenoxy) is 1. The van der Waals surface area contributed by atoms with Gasteiger partial charge in [-0.15, -0.1) is 0 Å². The molecule has 0 saturated carbocycles. The molecule has 5 nitrogen and oxygen atoms in total. The molecule has 2 N–H and O–H groups in total. The van der Waals surface area contributed by atoms with Gasteiger partial charge in [0.25, 0.3) is 0 Å². The third kappa shape index (κ3) is 5.90. The Labute approximate surface area is 153 Å². The number of aliphatic imine (C=N–C) groups is 1. The molecule has 1 aromatic heterocycles. The normalized spacial score (nSPS) is 12.5. The lowest BCUT2D eigenvalue weighted by molar-refractivity contribution is 0.0600. The fourth-order valence-corrected chi connectivity index (χ4v) is 3.08. The minimum absolute atomic E-state index is 0.326. The smallest absolute Gasteiger partial charge is 0.337 e. The number of rotatable bonds is 7. The molecule has 0 radical (unpaired) electrons. The number of nitrogens with one attached hydrogen (secondary N) is 2. The molecule has 1 atom stereocenters. The van der Waals surface area contributed by atoms with Crippen LogP contribution in [-0.4, -0.2) is 32.1 Å². The van der Waals surface area contributed by atoms with Crippen molar-refractivity contribution in [1.29, 1.82) is 0 Å². The molecular formula is C19H25N3O2S. The Morgan fingerprint density at radius 2 is 2.00 bits per heavy atom. The van der Waals surface area contributed by atoms with Crippen LogP contribution in [0.5, 0.6) is 0 Å². The highest BCUT2D eigenvalue weighted by atomic mass is 32.1. The lowest BCUT2D eigenvalue weighted by atomic mass is 10.1. The Morgan fingerprint density at radius 1 is 1.24 bits per heavy atom. The number of guanidine groups is 1. The Hall–Kier alpha value is -2.34. The lowest BCUT2D eigenvalue weighted by Crippen LogP contribution is -2.39. The Bertz CT molecular complexity index is 681. The molecule has 25 heavy (non-hydrogen) atoms. The molecule has 0 spiro atoms. The van der Waals surface area contributed by atoms with Crippen molar-refractivity contribution in [2.24, 2.45) is 4.99 Å². The average molecular weight is 359 g/mol. The van der Waals surface area contributed by atoms with Crippen LogP contribution in [0.1, 0.15) is 41.3 Å². The van der Waals surface area contributed by atoms with Gasteiger partial charge < -0.3 is 15.4 Å². The summed E-state index contributed by atoms with van der Waals surface area (Å²) in [5.41, 5.74) is 2.92. The fourth-order valence-electron chi connectivity index (χ4n) is 2.30. The molecule has 1 unspecified atom stereocenters. The third-order valence-corrected chi connectivity index (χ3v) is 4.53. The quantitative estimate of drug-likeness (QED) is 0.452. The first-order chi connectivity index (χ1) is 12.1. The maximum Gasteiger partial charge on any atom is 0.337 e. The third-order valence-electron chi connectivity index (χ3n) is 3.83. The van der Waals surface area contributed by atoms with Crippen LogP contribution >= 0.6 is 11.3 Å². The van der Waals surface area contributed by atoms with Gasteiger partial charge >= 0.3 is 5.97 Å². The second-order valence-electron chi connectivity index (χ2n) is 5.72. The van der Waals surface area contributed by atoms with Gasteiger partial charge in [0.15, 0.2) is 5.96 Å². The second kappa shape index (κ2) is 9.84. The van der Waals surface area contributed by atoms with Gasteiger partial charge in [0.05, 0.1) is 19.2 Å². The summed E-state index contributed by atoms with van der Waals surface area (Å²) in [4.78, 5) is 16.1. The van der Waals surface area contributed by atoms with E-state index >= 15 is 0 Å². The summed E-state index contributed by atoms with van der Waals surface area (Å²) in [6.07, 6.45) is 0. The summed E-state index contributed by atoms with van der Waals surface area (Å²) in [7, 11) is 1.38. The zero-order chi connectivity index (χ0) is 18.1. The van der Waals surface area contributed by atoms with Gasteiger partial charge in [-0.25, -0.2) is 9.79 Å². The number of hydrogen-bond donors (Lipinski definition) is 2. The number of thiophene rings is 1. The molecule has 2 rings (SSSR count). The summed E-state index contributed by atoms with van der Waals surface area (Å²) < 4.78 is 4.71. The fraction of sp³-hybridized carbons (Fsp3) is 0.368. The van der Waals surface area contributed by atoms with E-state index < -0.39 is 0 Å². The summed E-state index contributed by atoms with van der Waals surface area (Å²) in [5.74, 6) is 0.892. The molecule has 1 aromatic carbocycles. The van der Waals surface area contributed by atoms with Crippen molar-refractivity contribution in [1.82, 2.24) is 10.6 Å². The molecule has 0 aliphatic rings. The van der Waals surface area contributed by atoms with Gasteiger partial charge in [-0.05, 0) is 52.9 Å². The Kier molecular flexibility index (Phi) is 7.47. The van der Waals surface area contributed by atoms with Gasteiger partial charge in [0, 0.05) is 13.1 Å². The van der Waals surface area contributed by atoms with Gasteiger partial charge in [0.2, 0.25) is 0 Å². The number of carbonyl (C=O) groups excluding carboxylic acids is 1. The van der Waals surface area contributed by atoms with Crippen molar-refractivity contribution in [2.75, 3.05) is 20.2 Å². The summed E-state index contributed by atoms with van der Waals surface area (Å²) >= 11 is 1.72. The largest absolute Gasteiger partial charge is 0.465 e. The highest BCUT2D eigenvalue weighted by Crippen LogP contribution is 2.17. The van der Waals surface area contributed by atoms with Crippen LogP contribution in [0.25, 0.3) is 0 Å². The van der Waals surface area contributed by atoms with E-state index in [0.29, 0.717) is 18.0 Å². The van der Waals surface area contributed by atoms with Gasteiger partial charge in [-0.3, -0.25) is 0 Å². The molecule has 0 fully saturated rings. The summed E-state index contributed by atoms with van der Waals surface area (Å²) in [6.45, 7) is 6.42. The highest BCUT2D eigenvalue weighted by molar-refractivity contribution is 7.07. The number of carbonyl (C=O) groups is 1. The van der Waals surface area contributed by atoms with E-state index in [2.05, 4.69) is 39.4 Å². The van der Waals surface area contributed by atoms with Crippen LogP contribution in [0, 0.1) is 0 Å². The first-order valence-corrected chi connectivity index (χ1v) is 9.29. The van der Waals surface area contributed by atoms with Crippen LogP contribution in [0.15, 0.2) is 46.1 Å². The minimum Gasteiger partial charge on any atom is -0.465 e. The van der Waals surface area contributed by atoms with E-state index in [0.717, 1.165) is 24.6 Å². The molecular weight excluding hydrogens is 334 g/mol. The van der Waals surface area contributed by atoms with E-state index in [-0.39, 0.29) is 5.97 Å². The van der Waals surface area contributed by atoms with E-state index in [1.165, 1.54) is 12.7 Å². The molecule has 0 bridgehead atoms. The molecule has 2 aromatic rings. The zero-order valence-electron chi connectivity index (χ0n) is 14.9. The van der Waals surface area contributed by atoms with E-state index in [1.807, 2.05) is 19.1 Å². The Balaban J connectivity index is 1.93. The number of esters is 1. The highest BCUT2D eigenvalue weighted by Gasteiger charge is 2.07. The van der Waals surface area contributed by atoms with E-state index in [1.54, 1.807) is 23.5 Å². The molecule has 0 amide bonds. The second-order valence-corrected chi connectivity index (χ2v) is 6.50. The van der Waals surface area contributed by atoms with Crippen molar-refractivity contribution in [3.63, 3.8) is 0 Å². The molecule has 0 aliphatic carbocycles. The summed E-state index contributed by atoms with van der Waals surface area (Å²) in [5, 5.41) is 10.9. The standard InChI is InChI=1S/C19H25N3O2S/c1-4-20-19(21-11-14(2)17-9-10-25-13-17)22-12-15-5-7-16(8-6-15)18(23)24-3/h5-10,13-14H,4,11-12H2,1-3H3,(H2,20,21,22). The van der Waals surface area contributed by atoms with Gasteiger partial charge in [0.1, 0.15) is 0 Å². The molecule has 0 aliphatic heterocycles. The predicted octanol–water partition coefficient (Wildman–Crippen LogP) is 3.39. The zero-order valence-corrected chi connectivity index (χ0v) is 15.7. The van der Waals surface area contributed by atoms with E-state index in [4.69, 9.17) is 4.74 Å². The predicted molar refractivity (Wildman–Crippen MR) is 103 cm³/mol. The maximum absolute atomic E-state index is 11.5. The minimum atomic E-state index is -0.326. The first kappa shape index (κ1) is 19.0. The first-order valence-electron chi connectivity index (χ1n) is 8.35. The number of hydrogen-bond acceptors (Lipinski definition) is 4. The van der Waals surface area contributed by atoms with Crippen molar-refractivity contribution in [2.45, 2.75) is 26.3 Å².